The molecule has 0 aliphatic carbocycles. The number of benzene rings is 1. The quantitative estimate of drug-likeness (QED) is 0.708. The summed E-state index contributed by atoms with van der Waals surface area (Å²) in [7, 11) is 1.65. The number of ether oxygens (including phenoxy) is 1. The summed E-state index contributed by atoms with van der Waals surface area (Å²) in [5.41, 5.74) is 1.16. The van der Waals surface area contributed by atoms with E-state index in [9.17, 15) is 4.79 Å². The molecule has 1 fully saturated rings. The Bertz CT molecular complexity index is 719. The molecule has 0 N–H and O–H groups in total. The van der Waals surface area contributed by atoms with Crippen LogP contribution in [-0.2, 0) is 29.0 Å². The highest BCUT2D eigenvalue weighted by atomic mass is 16.5. The largest absolute Gasteiger partial charge is 0.384 e. The fourth-order valence-electron chi connectivity index (χ4n) is 3.42. The SMILES string of the molecule is CC[C@@H]1CN(Cc2nc(CCOC)no2)CCC(=O)N1Cc1ccccc1. The summed E-state index contributed by atoms with van der Waals surface area (Å²) >= 11 is 0. The van der Waals surface area contributed by atoms with Gasteiger partial charge in [-0.15, -0.1) is 0 Å². The molecule has 27 heavy (non-hydrogen) atoms. The monoisotopic (exact) mass is 372 g/mol. The lowest BCUT2D eigenvalue weighted by molar-refractivity contribution is -0.133. The van der Waals surface area contributed by atoms with Gasteiger partial charge in [0.1, 0.15) is 0 Å². The van der Waals surface area contributed by atoms with Gasteiger partial charge < -0.3 is 14.2 Å². The molecule has 1 aliphatic heterocycles. The summed E-state index contributed by atoms with van der Waals surface area (Å²) in [6.07, 6.45) is 2.06. The Morgan fingerprint density at radius 1 is 1.26 bits per heavy atom. The highest BCUT2D eigenvalue weighted by Gasteiger charge is 2.29. The van der Waals surface area contributed by atoms with E-state index in [-0.39, 0.29) is 11.9 Å². The number of methoxy groups -OCH3 is 1. The van der Waals surface area contributed by atoms with E-state index in [1.165, 1.54) is 0 Å². The summed E-state index contributed by atoms with van der Waals surface area (Å²) < 4.78 is 10.4. The van der Waals surface area contributed by atoms with Gasteiger partial charge in [-0.2, -0.15) is 4.98 Å². The molecule has 1 aromatic heterocycles. The van der Waals surface area contributed by atoms with Crippen LogP contribution in [0.5, 0.6) is 0 Å². The van der Waals surface area contributed by atoms with E-state index in [0.717, 1.165) is 18.5 Å². The van der Waals surface area contributed by atoms with E-state index in [1.54, 1.807) is 7.11 Å². The van der Waals surface area contributed by atoms with Crippen molar-refractivity contribution >= 4 is 5.91 Å². The topological polar surface area (TPSA) is 71.7 Å². The lowest BCUT2D eigenvalue weighted by Gasteiger charge is -2.31. The first kappa shape index (κ1) is 19.5. The maximum Gasteiger partial charge on any atom is 0.240 e. The van der Waals surface area contributed by atoms with Crippen LogP contribution in [0.3, 0.4) is 0 Å². The number of nitrogens with zero attached hydrogens (tertiary/aromatic N) is 4. The van der Waals surface area contributed by atoms with Crippen LogP contribution < -0.4 is 0 Å². The van der Waals surface area contributed by atoms with Crippen molar-refractivity contribution in [3.05, 3.63) is 47.6 Å². The van der Waals surface area contributed by atoms with Crippen LogP contribution in [0.1, 0.15) is 37.0 Å². The molecule has 1 aliphatic rings. The predicted octanol–water partition coefficient (Wildman–Crippen LogP) is 2.27. The number of rotatable bonds is 8. The highest BCUT2D eigenvalue weighted by Crippen LogP contribution is 2.19. The predicted molar refractivity (Wildman–Crippen MR) is 101 cm³/mol. The van der Waals surface area contributed by atoms with Crippen molar-refractivity contribution in [2.45, 2.75) is 45.3 Å². The van der Waals surface area contributed by atoms with Gasteiger partial charge >= 0.3 is 0 Å². The van der Waals surface area contributed by atoms with E-state index in [1.807, 2.05) is 23.1 Å². The number of carbonyl (C=O) groups is 1. The Hall–Kier alpha value is -2.25. The van der Waals surface area contributed by atoms with Gasteiger partial charge in [-0.25, -0.2) is 0 Å². The maximum atomic E-state index is 12.7. The standard InChI is InChI=1S/C20H28N4O3/c1-3-17-14-23(15-19-21-18(22-27-19)10-12-26-2)11-9-20(25)24(17)13-16-7-5-4-6-8-16/h4-8,17H,3,9-15H2,1-2H3/t17-/m1/s1. The molecule has 0 radical (unpaired) electrons. The van der Waals surface area contributed by atoms with E-state index < -0.39 is 0 Å². The number of hydrogen-bond acceptors (Lipinski definition) is 6. The molecular formula is C20H28N4O3. The second kappa shape index (κ2) is 9.62. The molecule has 1 aromatic carbocycles. The molecule has 0 saturated carbocycles. The fraction of sp³-hybridized carbons (Fsp3) is 0.550. The highest BCUT2D eigenvalue weighted by molar-refractivity contribution is 5.77. The molecular weight excluding hydrogens is 344 g/mol. The van der Waals surface area contributed by atoms with Gasteiger partial charge in [0.15, 0.2) is 5.82 Å². The van der Waals surface area contributed by atoms with E-state index >= 15 is 0 Å². The van der Waals surface area contributed by atoms with Crippen molar-refractivity contribution in [2.75, 3.05) is 26.8 Å². The zero-order valence-corrected chi connectivity index (χ0v) is 16.1. The normalized spacial score (nSPS) is 18.7. The van der Waals surface area contributed by atoms with Gasteiger partial charge in [0, 0.05) is 45.6 Å². The second-order valence-corrected chi connectivity index (χ2v) is 6.90. The van der Waals surface area contributed by atoms with E-state index in [2.05, 4.69) is 34.1 Å². The molecule has 3 rings (SSSR count). The summed E-state index contributed by atoms with van der Waals surface area (Å²) in [5.74, 6) is 1.47. The minimum Gasteiger partial charge on any atom is -0.384 e. The van der Waals surface area contributed by atoms with Crippen LogP contribution in [0.15, 0.2) is 34.9 Å². The molecule has 0 spiro atoms. The first-order valence-corrected chi connectivity index (χ1v) is 9.55. The fourth-order valence-corrected chi connectivity index (χ4v) is 3.42. The summed E-state index contributed by atoms with van der Waals surface area (Å²) in [5, 5.41) is 4.00. The minimum absolute atomic E-state index is 0.177. The Balaban J connectivity index is 1.64. The third-order valence-electron chi connectivity index (χ3n) is 4.94. The van der Waals surface area contributed by atoms with Gasteiger partial charge in [-0.3, -0.25) is 9.69 Å². The first-order valence-electron chi connectivity index (χ1n) is 9.55. The minimum atomic E-state index is 0.177. The van der Waals surface area contributed by atoms with E-state index in [0.29, 0.717) is 50.8 Å². The van der Waals surface area contributed by atoms with Crippen LogP contribution in [-0.4, -0.2) is 58.7 Å². The van der Waals surface area contributed by atoms with Crippen LogP contribution in [0.2, 0.25) is 0 Å². The molecule has 7 nitrogen and oxygen atoms in total. The van der Waals surface area contributed by atoms with Crippen molar-refractivity contribution in [3.63, 3.8) is 0 Å². The van der Waals surface area contributed by atoms with Gasteiger partial charge in [0.25, 0.3) is 0 Å². The average molecular weight is 372 g/mol. The van der Waals surface area contributed by atoms with Gasteiger partial charge in [0.05, 0.1) is 13.2 Å². The molecule has 2 heterocycles. The van der Waals surface area contributed by atoms with Crippen LogP contribution >= 0.6 is 0 Å². The zero-order chi connectivity index (χ0) is 19.1. The molecule has 146 valence electrons. The summed E-state index contributed by atoms with van der Waals surface area (Å²) in [4.78, 5) is 21.4. The Morgan fingerprint density at radius 3 is 2.81 bits per heavy atom. The first-order chi connectivity index (χ1) is 13.2. The molecule has 0 bridgehead atoms. The molecule has 1 saturated heterocycles. The maximum absolute atomic E-state index is 12.7. The van der Waals surface area contributed by atoms with Crippen LogP contribution in [0, 0.1) is 0 Å². The van der Waals surface area contributed by atoms with Crippen molar-refractivity contribution in [3.8, 4) is 0 Å². The number of aromatic nitrogens is 2. The van der Waals surface area contributed by atoms with Crippen molar-refractivity contribution in [2.24, 2.45) is 0 Å². The molecule has 2 aromatic rings. The third kappa shape index (κ3) is 5.37. The van der Waals surface area contributed by atoms with Crippen molar-refractivity contribution in [1.82, 2.24) is 19.9 Å². The summed E-state index contributed by atoms with van der Waals surface area (Å²) in [6.45, 7) is 5.45. The average Bonchev–Trinajstić information content (AvgIpc) is 3.08. The Morgan fingerprint density at radius 2 is 2.07 bits per heavy atom. The third-order valence-corrected chi connectivity index (χ3v) is 4.94. The second-order valence-electron chi connectivity index (χ2n) is 6.90. The van der Waals surface area contributed by atoms with Gasteiger partial charge in [-0.1, -0.05) is 42.4 Å². The van der Waals surface area contributed by atoms with Crippen molar-refractivity contribution in [1.29, 1.82) is 0 Å². The number of hydrogen-bond donors (Lipinski definition) is 0. The smallest absolute Gasteiger partial charge is 0.240 e. The van der Waals surface area contributed by atoms with Gasteiger partial charge in [-0.05, 0) is 12.0 Å². The molecule has 0 unspecified atom stereocenters. The zero-order valence-electron chi connectivity index (χ0n) is 16.1. The molecule has 7 heteroatoms. The molecule has 1 atom stereocenters. The molecule has 1 amide bonds. The Labute approximate surface area is 160 Å². The Kier molecular flexibility index (Phi) is 6.95. The van der Waals surface area contributed by atoms with Crippen LogP contribution in [0.4, 0.5) is 0 Å². The van der Waals surface area contributed by atoms with Crippen molar-refractivity contribution < 1.29 is 14.1 Å². The van der Waals surface area contributed by atoms with Gasteiger partial charge in [0.2, 0.25) is 11.8 Å². The van der Waals surface area contributed by atoms with E-state index in [4.69, 9.17) is 9.26 Å². The number of carbonyl (C=O) groups excluding carboxylic acids is 1. The lowest BCUT2D eigenvalue weighted by Crippen LogP contribution is -2.42. The number of amides is 1. The van der Waals surface area contributed by atoms with Crippen LogP contribution in [0.25, 0.3) is 0 Å². The summed E-state index contributed by atoms with van der Waals surface area (Å²) in [6, 6.07) is 10.4. The lowest BCUT2D eigenvalue weighted by atomic mass is 10.1.